The van der Waals surface area contributed by atoms with E-state index in [4.69, 9.17) is 0 Å². The topological polar surface area (TPSA) is 17.1 Å². The second-order valence-electron chi connectivity index (χ2n) is 4.70. The maximum atomic E-state index is 10.1. The maximum absolute atomic E-state index is 10.1. The van der Waals surface area contributed by atoms with E-state index in [2.05, 4.69) is 42.5 Å². The molecule has 0 fully saturated rings. The van der Waals surface area contributed by atoms with Crippen molar-refractivity contribution in [3.05, 3.63) is 48.0 Å². The van der Waals surface area contributed by atoms with Gasteiger partial charge >= 0.3 is 0 Å². The Hall–Kier alpha value is -1.63. The Bertz CT molecular complexity index is 496. The first-order valence-corrected chi connectivity index (χ1v) is 6.73. The van der Waals surface area contributed by atoms with Crippen LogP contribution in [-0.4, -0.2) is 6.29 Å². The molecule has 0 spiro atoms. The minimum atomic E-state index is 0.592. The van der Waals surface area contributed by atoms with Gasteiger partial charge in [-0.2, -0.15) is 0 Å². The molecule has 18 heavy (non-hydrogen) atoms. The first-order chi connectivity index (χ1) is 8.92. The van der Waals surface area contributed by atoms with Crippen LogP contribution in [0.15, 0.2) is 42.5 Å². The van der Waals surface area contributed by atoms with Crippen molar-refractivity contribution < 1.29 is 4.79 Å². The largest absolute Gasteiger partial charge is 0.291 e. The monoisotopic (exact) mass is 239 g/mol. The standard InChI is InChI=1S/C17H19O/c18-14-7-3-1-2-4-9-15-11-8-12-16-10-5-6-13-17(15)16/h5-6,8,10-13H,1-4,7,9H2. The summed E-state index contributed by atoms with van der Waals surface area (Å²) in [7, 11) is 0. The van der Waals surface area contributed by atoms with Gasteiger partial charge in [0, 0.05) is 6.42 Å². The number of hydrogen-bond acceptors (Lipinski definition) is 1. The Balaban J connectivity index is 1.89. The maximum Gasteiger partial charge on any atom is 0.198 e. The third-order valence-corrected chi connectivity index (χ3v) is 3.35. The van der Waals surface area contributed by atoms with Gasteiger partial charge in [0.2, 0.25) is 0 Å². The molecule has 0 aromatic heterocycles. The minimum Gasteiger partial charge on any atom is -0.291 e. The fourth-order valence-corrected chi connectivity index (χ4v) is 2.38. The Kier molecular flexibility index (Phi) is 4.95. The van der Waals surface area contributed by atoms with E-state index in [1.165, 1.54) is 29.2 Å². The summed E-state index contributed by atoms with van der Waals surface area (Å²) >= 11 is 0. The van der Waals surface area contributed by atoms with Crippen LogP contribution in [0.5, 0.6) is 0 Å². The van der Waals surface area contributed by atoms with Crippen molar-refractivity contribution in [2.75, 3.05) is 0 Å². The highest BCUT2D eigenvalue weighted by Crippen LogP contribution is 2.20. The Labute approximate surface area is 109 Å². The third kappa shape index (κ3) is 3.43. The van der Waals surface area contributed by atoms with E-state index in [-0.39, 0.29) is 0 Å². The van der Waals surface area contributed by atoms with Crippen LogP contribution in [0, 0.1) is 0 Å². The van der Waals surface area contributed by atoms with Gasteiger partial charge < -0.3 is 0 Å². The molecule has 0 heterocycles. The van der Waals surface area contributed by atoms with Crippen molar-refractivity contribution in [3.63, 3.8) is 0 Å². The fraction of sp³-hybridized carbons (Fsp3) is 0.353. The number of fused-ring (bicyclic) bond motifs is 1. The van der Waals surface area contributed by atoms with Crippen molar-refractivity contribution in [2.45, 2.75) is 38.5 Å². The lowest BCUT2D eigenvalue weighted by Crippen LogP contribution is -1.88. The molecule has 0 N–H and O–H groups in total. The highest BCUT2D eigenvalue weighted by Gasteiger charge is 1.99. The van der Waals surface area contributed by atoms with Gasteiger partial charge in [0.25, 0.3) is 0 Å². The number of rotatable bonds is 7. The van der Waals surface area contributed by atoms with Crippen molar-refractivity contribution in [1.29, 1.82) is 0 Å². The van der Waals surface area contributed by atoms with E-state index in [1.54, 1.807) is 0 Å². The van der Waals surface area contributed by atoms with E-state index in [0.29, 0.717) is 6.42 Å². The molecule has 2 aromatic carbocycles. The highest BCUT2D eigenvalue weighted by molar-refractivity contribution is 5.85. The van der Waals surface area contributed by atoms with E-state index in [0.717, 1.165) is 19.3 Å². The van der Waals surface area contributed by atoms with Gasteiger partial charge in [-0.05, 0) is 35.6 Å². The zero-order chi connectivity index (χ0) is 12.6. The Morgan fingerprint density at radius 1 is 0.833 bits per heavy atom. The summed E-state index contributed by atoms with van der Waals surface area (Å²) in [5.74, 6) is 0. The van der Waals surface area contributed by atoms with Crippen LogP contribution in [0.25, 0.3) is 10.8 Å². The van der Waals surface area contributed by atoms with Crippen molar-refractivity contribution >= 4 is 17.1 Å². The summed E-state index contributed by atoms with van der Waals surface area (Å²) in [5.41, 5.74) is 1.44. The lowest BCUT2D eigenvalue weighted by Gasteiger charge is -2.06. The molecular weight excluding hydrogens is 220 g/mol. The van der Waals surface area contributed by atoms with Gasteiger partial charge in [0.1, 0.15) is 0 Å². The summed E-state index contributed by atoms with van der Waals surface area (Å²) < 4.78 is 0. The second kappa shape index (κ2) is 6.95. The van der Waals surface area contributed by atoms with Gasteiger partial charge in [-0.15, -0.1) is 0 Å². The van der Waals surface area contributed by atoms with E-state index >= 15 is 0 Å². The first kappa shape index (κ1) is 12.8. The molecule has 0 bridgehead atoms. The molecule has 1 heteroatoms. The SMILES string of the molecule is O=[C]CCCCCCc1cccc2ccccc12. The summed E-state index contributed by atoms with van der Waals surface area (Å²) in [6.45, 7) is 0. The molecule has 1 nitrogen and oxygen atoms in total. The number of unbranched alkanes of at least 4 members (excludes halogenated alkanes) is 4. The minimum absolute atomic E-state index is 0.592. The van der Waals surface area contributed by atoms with Crippen molar-refractivity contribution in [1.82, 2.24) is 0 Å². The summed E-state index contributed by atoms with van der Waals surface area (Å²) in [4.78, 5) is 10.1. The zero-order valence-electron chi connectivity index (χ0n) is 10.7. The molecule has 0 atom stereocenters. The predicted molar refractivity (Wildman–Crippen MR) is 76.4 cm³/mol. The van der Waals surface area contributed by atoms with Gasteiger partial charge in [-0.1, -0.05) is 55.3 Å². The summed E-state index contributed by atoms with van der Waals surface area (Å²) in [6, 6.07) is 15.1. The number of benzene rings is 2. The lowest BCUT2D eigenvalue weighted by molar-refractivity contribution is 0.543. The predicted octanol–water partition coefficient (Wildman–Crippen LogP) is 4.44. The molecule has 0 unspecified atom stereocenters. The molecular formula is C17H19O. The summed E-state index contributed by atoms with van der Waals surface area (Å²) in [6.07, 6.45) is 8.20. The smallest absolute Gasteiger partial charge is 0.198 e. The van der Waals surface area contributed by atoms with Gasteiger partial charge in [0.15, 0.2) is 6.29 Å². The van der Waals surface area contributed by atoms with Crippen molar-refractivity contribution in [3.8, 4) is 0 Å². The summed E-state index contributed by atoms with van der Waals surface area (Å²) in [5, 5.41) is 2.70. The van der Waals surface area contributed by atoms with Crippen LogP contribution in [-0.2, 0) is 11.2 Å². The average Bonchev–Trinajstić information content (AvgIpc) is 2.43. The molecule has 0 saturated heterocycles. The number of hydrogen-bond donors (Lipinski definition) is 0. The zero-order valence-corrected chi connectivity index (χ0v) is 10.7. The van der Waals surface area contributed by atoms with Crippen molar-refractivity contribution in [2.24, 2.45) is 0 Å². The van der Waals surface area contributed by atoms with Crippen LogP contribution >= 0.6 is 0 Å². The molecule has 0 saturated carbocycles. The molecule has 1 radical (unpaired) electrons. The number of aryl methyl sites for hydroxylation is 1. The molecule has 93 valence electrons. The lowest BCUT2D eigenvalue weighted by atomic mass is 9.99. The van der Waals surface area contributed by atoms with E-state index in [1.807, 2.05) is 6.29 Å². The second-order valence-corrected chi connectivity index (χ2v) is 4.70. The molecule has 2 aromatic rings. The normalized spacial score (nSPS) is 10.7. The van der Waals surface area contributed by atoms with Crippen LogP contribution in [0.4, 0.5) is 0 Å². The first-order valence-electron chi connectivity index (χ1n) is 6.73. The Morgan fingerprint density at radius 3 is 2.50 bits per heavy atom. The molecule has 0 aliphatic heterocycles. The molecule has 2 rings (SSSR count). The van der Waals surface area contributed by atoms with E-state index in [9.17, 15) is 4.79 Å². The number of carbonyl (C=O) groups excluding carboxylic acids is 1. The Morgan fingerprint density at radius 2 is 1.61 bits per heavy atom. The van der Waals surface area contributed by atoms with Crippen LogP contribution in [0.3, 0.4) is 0 Å². The third-order valence-electron chi connectivity index (χ3n) is 3.35. The van der Waals surface area contributed by atoms with Gasteiger partial charge in [-0.3, -0.25) is 4.79 Å². The van der Waals surface area contributed by atoms with Crippen LogP contribution in [0.2, 0.25) is 0 Å². The molecule has 0 aliphatic rings. The fourth-order valence-electron chi connectivity index (χ4n) is 2.38. The van der Waals surface area contributed by atoms with Gasteiger partial charge in [0.05, 0.1) is 0 Å². The van der Waals surface area contributed by atoms with Crippen LogP contribution < -0.4 is 0 Å². The van der Waals surface area contributed by atoms with E-state index < -0.39 is 0 Å². The van der Waals surface area contributed by atoms with Gasteiger partial charge in [-0.25, -0.2) is 0 Å². The molecule has 0 amide bonds. The quantitative estimate of drug-likeness (QED) is 0.653. The highest BCUT2D eigenvalue weighted by atomic mass is 16.1. The average molecular weight is 239 g/mol. The molecule has 0 aliphatic carbocycles. The van der Waals surface area contributed by atoms with Crippen LogP contribution in [0.1, 0.15) is 37.7 Å².